The molecular formula is C22H32N4O4S. The molecule has 0 unspecified atom stereocenters. The van der Waals surface area contributed by atoms with E-state index in [1.807, 2.05) is 20.8 Å². The molecule has 2 aromatic rings. The molecule has 8 nitrogen and oxygen atoms in total. The third-order valence-electron chi connectivity index (χ3n) is 4.54. The summed E-state index contributed by atoms with van der Waals surface area (Å²) < 4.78 is 33.4. The molecule has 1 N–H and O–H groups in total. The van der Waals surface area contributed by atoms with E-state index in [9.17, 15) is 13.2 Å². The number of aromatic nitrogens is 2. The number of ether oxygens (including phenoxy) is 1. The van der Waals surface area contributed by atoms with Crippen LogP contribution in [0.4, 0.5) is 4.79 Å². The molecule has 0 fully saturated rings. The third kappa shape index (κ3) is 6.58. The van der Waals surface area contributed by atoms with Crippen LogP contribution < -0.4 is 10.1 Å². The van der Waals surface area contributed by atoms with E-state index in [2.05, 4.69) is 16.9 Å². The second-order valence-corrected chi connectivity index (χ2v) is 9.54. The second-order valence-electron chi connectivity index (χ2n) is 7.65. The molecule has 0 aliphatic carbocycles. The van der Waals surface area contributed by atoms with Gasteiger partial charge in [0.25, 0.3) is 0 Å². The summed E-state index contributed by atoms with van der Waals surface area (Å²) in [7, 11) is -2.17. The molecule has 1 aromatic carbocycles. The quantitative estimate of drug-likeness (QED) is 0.533. The number of hydrogen-bond donors (Lipinski definition) is 1. The monoisotopic (exact) mass is 448 g/mol. The van der Waals surface area contributed by atoms with Gasteiger partial charge in [-0.05, 0) is 30.5 Å². The van der Waals surface area contributed by atoms with Gasteiger partial charge in [-0.2, -0.15) is 0 Å². The van der Waals surface area contributed by atoms with Crippen LogP contribution in [0.25, 0.3) is 0 Å². The smallest absolute Gasteiger partial charge is 0.318 e. The summed E-state index contributed by atoms with van der Waals surface area (Å²) in [5, 5.41) is 2.78. The fraction of sp³-hybridized carbons (Fsp3) is 0.455. The standard InChI is InChI=1S/C22H32N4O4S/c1-6-11-25(21(27)23-7-2)15-19-13-24-22(26(19)14-17(3)4)31(28,29)16-18-9-8-10-20(12-18)30-5/h6,8-10,12-13,17H,1,7,11,14-16H2,2-5H3,(H,23,27). The van der Waals surface area contributed by atoms with Crippen LogP contribution in [0.2, 0.25) is 0 Å². The van der Waals surface area contributed by atoms with Crippen LogP contribution in [0.3, 0.4) is 0 Å². The average Bonchev–Trinajstić information content (AvgIpc) is 3.10. The molecule has 2 amide bonds. The Hall–Kier alpha value is -2.81. The van der Waals surface area contributed by atoms with Crippen LogP contribution in [0.5, 0.6) is 5.75 Å². The van der Waals surface area contributed by atoms with Crippen LogP contribution in [0.1, 0.15) is 32.0 Å². The highest BCUT2D eigenvalue weighted by atomic mass is 32.2. The van der Waals surface area contributed by atoms with Crippen molar-refractivity contribution in [2.45, 2.75) is 44.8 Å². The highest BCUT2D eigenvalue weighted by Gasteiger charge is 2.26. The Morgan fingerprint density at radius 3 is 2.74 bits per heavy atom. The van der Waals surface area contributed by atoms with Gasteiger partial charge in [-0.15, -0.1) is 6.58 Å². The summed E-state index contributed by atoms with van der Waals surface area (Å²) in [5.41, 5.74) is 1.28. The van der Waals surface area contributed by atoms with Crippen molar-refractivity contribution >= 4 is 15.9 Å². The number of carbonyl (C=O) groups excluding carboxylic acids is 1. The maximum absolute atomic E-state index is 13.2. The van der Waals surface area contributed by atoms with E-state index in [1.54, 1.807) is 46.9 Å². The van der Waals surface area contributed by atoms with Gasteiger partial charge < -0.3 is 19.5 Å². The summed E-state index contributed by atoms with van der Waals surface area (Å²) in [6.45, 7) is 11.1. The first kappa shape index (κ1) is 24.5. The van der Waals surface area contributed by atoms with Crippen LogP contribution in [-0.2, 0) is 28.7 Å². The number of urea groups is 1. The molecule has 0 atom stereocenters. The lowest BCUT2D eigenvalue weighted by Crippen LogP contribution is -2.40. The fourth-order valence-corrected chi connectivity index (χ4v) is 4.70. The predicted molar refractivity (Wildman–Crippen MR) is 121 cm³/mol. The Labute approximate surface area is 184 Å². The molecule has 0 saturated carbocycles. The molecule has 170 valence electrons. The minimum Gasteiger partial charge on any atom is -0.497 e. The first-order chi connectivity index (χ1) is 14.7. The first-order valence-electron chi connectivity index (χ1n) is 10.3. The van der Waals surface area contributed by atoms with E-state index in [4.69, 9.17) is 4.74 Å². The van der Waals surface area contributed by atoms with Crippen LogP contribution in [0, 0.1) is 5.92 Å². The van der Waals surface area contributed by atoms with Gasteiger partial charge >= 0.3 is 6.03 Å². The Bertz CT molecular complexity index is 999. The molecule has 0 aliphatic rings. The average molecular weight is 449 g/mol. The molecule has 31 heavy (non-hydrogen) atoms. The maximum atomic E-state index is 13.2. The number of nitrogens with one attached hydrogen (secondary N) is 1. The molecule has 0 radical (unpaired) electrons. The van der Waals surface area contributed by atoms with E-state index in [-0.39, 0.29) is 29.4 Å². The third-order valence-corrected chi connectivity index (χ3v) is 6.13. The number of nitrogens with zero attached hydrogens (tertiary/aromatic N) is 3. The van der Waals surface area contributed by atoms with Gasteiger partial charge in [0.2, 0.25) is 15.0 Å². The maximum Gasteiger partial charge on any atom is 0.318 e. The summed E-state index contributed by atoms with van der Waals surface area (Å²) in [4.78, 5) is 18.2. The summed E-state index contributed by atoms with van der Waals surface area (Å²) in [6, 6.07) is 6.74. The number of methoxy groups -OCH3 is 1. The number of carbonyl (C=O) groups is 1. The molecule has 2 rings (SSSR count). The molecule has 1 aromatic heterocycles. The number of imidazole rings is 1. The Balaban J connectivity index is 2.40. The zero-order chi connectivity index (χ0) is 23.0. The Morgan fingerprint density at radius 2 is 2.13 bits per heavy atom. The van der Waals surface area contributed by atoms with Crippen LogP contribution in [-0.4, -0.2) is 49.1 Å². The lowest BCUT2D eigenvalue weighted by Gasteiger charge is -2.23. The summed E-state index contributed by atoms with van der Waals surface area (Å²) >= 11 is 0. The topological polar surface area (TPSA) is 93.5 Å². The molecular weight excluding hydrogens is 416 g/mol. The van der Waals surface area contributed by atoms with Gasteiger partial charge in [0.1, 0.15) is 5.75 Å². The molecule has 0 saturated heterocycles. The van der Waals surface area contributed by atoms with E-state index in [1.165, 1.54) is 6.20 Å². The van der Waals surface area contributed by atoms with Crippen molar-refractivity contribution in [1.82, 2.24) is 19.8 Å². The lowest BCUT2D eigenvalue weighted by molar-refractivity contribution is 0.200. The van der Waals surface area contributed by atoms with Crippen LogP contribution in [0.15, 0.2) is 48.3 Å². The van der Waals surface area contributed by atoms with Gasteiger partial charge in [0, 0.05) is 19.6 Å². The van der Waals surface area contributed by atoms with Crippen molar-refractivity contribution in [2.75, 3.05) is 20.2 Å². The van der Waals surface area contributed by atoms with E-state index < -0.39 is 9.84 Å². The lowest BCUT2D eigenvalue weighted by atomic mass is 10.2. The van der Waals surface area contributed by atoms with E-state index in [0.717, 1.165) is 0 Å². The van der Waals surface area contributed by atoms with Gasteiger partial charge in [0.15, 0.2) is 0 Å². The SMILES string of the molecule is C=CCN(Cc1cnc(S(=O)(=O)Cc2cccc(OC)c2)n1CC(C)C)C(=O)NCC. The first-order valence-corrected chi connectivity index (χ1v) is 11.9. The van der Waals surface area contributed by atoms with Crippen molar-refractivity contribution in [1.29, 1.82) is 0 Å². The normalized spacial score (nSPS) is 11.4. The fourth-order valence-electron chi connectivity index (χ4n) is 3.21. The van der Waals surface area contributed by atoms with Crippen LogP contribution >= 0.6 is 0 Å². The van der Waals surface area contributed by atoms with Crippen molar-refractivity contribution in [2.24, 2.45) is 5.92 Å². The predicted octanol–water partition coefficient (Wildman–Crippen LogP) is 3.24. The van der Waals surface area contributed by atoms with Crippen molar-refractivity contribution in [3.63, 3.8) is 0 Å². The van der Waals surface area contributed by atoms with Gasteiger partial charge in [-0.3, -0.25) is 0 Å². The highest BCUT2D eigenvalue weighted by Crippen LogP contribution is 2.22. The number of rotatable bonds is 11. The van der Waals surface area contributed by atoms with Crippen molar-refractivity contribution < 1.29 is 17.9 Å². The molecule has 0 spiro atoms. The summed E-state index contributed by atoms with van der Waals surface area (Å²) in [6.07, 6.45) is 3.18. The summed E-state index contributed by atoms with van der Waals surface area (Å²) in [5.74, 6) is 0.600. The largest absolute Gasteiger partial charge is 0.497 e. The number of hydrogen-bond acceptors (Lipinski definition) is 5. The van der Waals surface area contributed by atoms with Gasteiger partial charge in [0.05, 0.1) is 31.3 Å². The minimum absolute atomic E-state index is 0.00785. The van der Waals surface area contributed by atoms with E-state index >= 15 is 0 Å². The van der Waals surface area contributed by atoms with Gasteiger partial charge in [-0.25, -0.2) is 18.2 Å². The second kappa shape index (κ2) is 11.0. The minimum atomic E-state index is -3.72. The number of amides is 2. The van der Waals surface area contributed by atoms with Crippen molar-refractivity contribution in [3.8, 4) is 5.75 Å². The van der Waals surface area contributed by atoms with Gasteiger partial charge in [-0.1, -0.05) is 32.1 Å². The molecule has 9 heteroatoms. The molecule has 1 heterocycles. The zero-order valence-electron chi connectivity index (χ0n) is 18.7. The van der Waals surface area contributed by atoms with E-state index in [0.29, 0.717) is 36.6 Å². The van der Waals surface area contributed by atoms with Crippen molar-refractivity contribution in [3.05, 3.63) is 54.4 Å². The Morgan fingerprint density at radius 1 is 1.39 bits per heavy atom. The molecule has 0 aliphatic heterocycles. The highest BCUT2D eigenvalue weighted by molar-refractivity contribution is 7.90. The number of sulfone groups is 1. The Kier molecular flexibility index (Phi) is 8.67. The zero-order valence-corrected chi connectivity index (χ0v) is 19.5. The number of benzene rings is 1. The molecule has 0 bridgehead atoms.